The van der Waals surface area contributed by atoms with Crippen molar-refractivity contribution in [3.05, 3.63) is 29.8 Å². The van der Waals surface area contributed by atoms with E-state index < -0.39 is 0 Å². The number of benzene rings is 1. The lowest BCUT2D eigenvalue weighted by Gasteiger charge is -2.15. The van der Waals surface area contributed by atoms with E-state index in [0.29, 0.717) is 0 Å². The van der Waals surface area contributed by atoms with Crippen molar-refractivity contribution in [2.24, 2.45) is 0 Å². The van der Waals surface area contributed by atoms with E-state index in [1.54, 1.807) is 7.11 Å². The van der Waals surface area contributed by atoms with Gasteiger partial charge in [-0.3, -0.25) is 0 Å². The fraction of sp³-hybridized carbons (Fsp3) is 0.647. The maximum atomic E-state index is 5.89. The zero-order valence-corrected chi connectivity index (χ0v) is 13.2. The van der Waals surface area contributed by atoms with Crippen LogP contribution in [0.4, 0.5) is 0 Å². The van der Waals surface area contributed by atoms with Gasteiger partial charge in [0, 0.05) is 20.3 Å². The molecule has 3 heteroatoms. The molecular weight excluding hydrogens is 250 g/mol. The highest BCUT2D eigenvalue weighted by Gasteiger charge is 2.03. The lowest BCUT2D eigenvalue weighted by atomic mass is 10.1. The normalized spacial score (nSPS) is 12.3. The monoisotopic (exact) mass is 279 g/mol. The smallest absolute Gasteiger partial charge is 0.119 e. The predicted octanol–water partition coefficient (Wildman–Crippen LogP) is 3.42. The molecular formula is C17H29NO2. The van der Waals surface area contributed by atoms with Crippen molar-refractivity contribution < 1.29 is 9.47 Å². The van der Waals surface area contributed by atoms with Gasteiger partial charge in [0.25, 0.3) is 0 Å². The molecule has 1 aromatic rings. The first kappa shape index (κ1) is 17.0. The lowest BCUT2D eigenvalue weighted by Crippen LogP contribution is -2.30. The topological polar surface area (TPSA) is 30.5 Å². The number of unbranched alkanes of at least 4 members (excludes halogenated alkanes) is 1. The minimum atomic E-state index is 0.180. The molecule has 1 aromatic carbocycles. The molecule has 0 spiro atoms. The van der Waals surface area contributed by atoms with Crippen LogP contribution in [0, 0.1) is 0 Å². The highest BCUT2D eigenvalue weighted by molar-refractivity contribution is 5.27. The third kappa shape index (κ3) is 7.51. The van der Waals surface area contributed by atoms with E-state index in [1.165, 1.54) is 18.4 Å². The van der Waals surface area contributed by atoms with Crippen LogP contribution in [0.3, 0.4) is 0 Å². The van der Waals surface area contributed by atoms with E-state index in [-0.39, 0.29) is 6.10 Å². The van der Waals surface area contributed by atoms with Gasteiger partial charge in [-0.2, -0.15) is 0 Å². The Morgan fingerprint density at radius 1 is 1.15 bits per heavy atom. The van der Waals surface area contributed by atoms with Crippen LogP contribution in [0.2, 0.25) is 0 Å². The average Bonchev–Trinajstić information content (AvgIpc) is 2.46. The zero-order chi connectivity index (χ0) is 14.6. The summed E-state index contributed by atoms with van der Waals surface area (Å²) in [5.74, 6) is 0.955. The molecule has 0 bridgehead atoms. The molecule has 0 fully saturated rings. The summed E-state index contributed by atoms with van der Waals surface area (Å²) in [6, 6.07) is 8.49. The minimum absolute atomic E-state index is 0.180. The number of nitrogens with one attached hydrogen (secondary N) is 1. The summed E-state index contributed by atoms with van der Waals surface area (Å²) < 4.78 is 10.9. The highest BCUT2D eigenvalue weighted by Crippen LogP contribution is 2.15. The number of rotatable bonds is 11. The maximum Gasteiger partial charge on any atom is 0.119 e. The number of ether oxygens (including phenoxy) is 2. The number of hydrogen-bond donors (Lipinski definition) is 1. The zero-order valence-electron chi connectivity index (χ0n) is 13.2. The molecule has 0 saturated carbocycles. The van der Waals surface area contributed by atoms with Gasteiger partial charge in [-0.05, 0) is 50.4 Å². The summed E-state index contributed by atoms with van der Waals surface area (Å²) >= 11 is 0. The van der Waals surface area contributed by atoms with E-state index in [2.05, 4.69) is 43.4 Å². The molecule has 1 rings (SSSR count). The van der Waals surface area contributed by atoms with Gasteiger partial charge in [0.05, 0.1) is 0 Å². The van der Waals surface area contributed by atoms with Crippen LogP contribution in [0.5, 0.6) is 5.75 Å². The van der Waals surface area contributed by atoms with Crippen LogP contribution in [-0.2, 0) is 11.2 Å². The Kier molecular flexibility index (Phi) is 9.09. The Balaban J connectivity index is 2.22. The third-order valence-corrected chi connectivity index (χ3v) is 3.21. The fourth-order valence-corrected chi connectivity index (χ4v) is 2.04. The van der Waals surface area contributed by atoms with Gasteiger partial charge < -0.3 is 14.8 Å². The van der Waals surface area contributed by atoms with Gasteiger partial charge >= 0.3 is 0 Å². The molecule has 0 radical (unpaired) electrons. The van der Waals surface area contributed by atoms with Crippen molar-refractivity contribution in [2.75, 3.05) is 26.8 Å². The Morgan fingerprint density at radius 3 is 2.55 bits per heavy atom. The first-order valence-electron chi connectivity index (χ1n) is 7.71. The van der Waals surface area contributed by atoms with Gasteiger partial charge in [0.15, 0.2) is 0 Å². The summed E-state index contributed by atoms with van der Waals surface area (Å²) in [4.78, 5) is 0. The molecule has 0 aliphatic heterocycles. The predicted molar refractivity (Wildman–Crippen MR) is 84.5 cm³/mol. The van der Waals surface area contributed by atoms with Gasteiger partial charge in [0.1, 0.15) is 11.9 Å². The van der Waals surface area contributed by atoms with E-state index in [1.807, 2.05) is 0 Å². The standard InChI is InChI=1S/C17H29NO2/c1-4-5-7-16-8-10-17(11-9-16)20-15(2)14-18-12-6-13-19-3/h8-11,15,18H,4-7,12-14H2,1-3H3. The van der Waals surface area contributed by atoms with Crippen molar-refractivity contribution in [1.82, 2.24) is 5.32 Å². The Hall–Kier alpha value is -1.06. The van der Waals surface area contributed by atoms with Crippen molar-refractivity contribution in [3.8, 4) is 5.75 Å². The van der Waals surface area contributed by atoms with Crippen LogP contribution in [0.25, 0.3) is 0 Å². The van der Waals surface area contributed by atoms with Gasteiger partial charge in [-0.15, -0.1) is 0 Å². The van der Waals surface area contributed by atoms with Crippen LogP contribution in [0.15, 0.2) is 24.3 Å². The second kappa shape index (κ2) is 10.7. The van der Waals surface area contributed by atoms with Gasteiger partial charge in [-0.25, -0.2) is 0 Å². The second-order valence-corrected chi connectivity index (χ2v) is 5.23. The first-order chi connectivity index (χ1) is 9.76. The van der Waals surface area contributed by atoms with Crippen LogP contribution >= 0.6 is 0 Å². The minimum Gasteiger partial charge on any atom is -0.489 e. The fourth-order valence-electron chi connectivity index (χ4n) is 2.04. The molecule has 0 aliphatic rings. The maximum absolute atomic E-state index is 5.89. The molecule has 0 saturated heterocycles. The molecule has 0 aliphatic carbocycles. The summed E-state index contributed by atoms with van der Waals surface area (Å²) in [6.45, 7) is 6.95. The quantitative estimate of drug-likeness (QED) is 0.630. The Labute approximate surface area is 123 Å². The molecule has 1 N–H and O–H groups in total. The highest BCUT2D eigenvalue weighted by atomic mass is 16.5. The van der Waals surface area contributed by atoms with Crippen molar-refractivity contribution in [2.45, 2.75) is 45.6 Å². The molecule has 0 heterocycles. The number of aryl methyl sites for hydroxylation is 1. The molecule has 3 nitrogen and oxygen atoms in total. The second-order valence-electron chi connectivity index (χ2n) is 5.23. The van der Waals surface area contributed by atoms with Crippen LogP contribution < -0.4 is 10.1 Å². The molecule has 114 valence electrons. The Morgan fingerprint density at radius 2 is 1.90 bits per heavy atom. The van der Waals surface area contributed by atoms with Crippen LogP contribution in [0.1, 0.15) is 38.7 Å². The van der Waals surface area contributed by atoms with E-state index in [4.69, 9.17) is 9.47 Å². The van der Waals surface area contributed by atoms with E-state index in [0.717, 1.165) is 38.3 Å². The van der Waals surface area contributed by atoms with Crippen molar-refractivity contribution >= 4 is 0 Å². The van der Waals surface area contributed by atoms with Crippen molar-refractivity contribution in [1.29, 1.82) is 0 Å². The van der Waals surface area contributed by atoms with Crippen LogP contribution in [-0.4, -0.2) is 32.9 Å². The largest absolute Gasteiger partial charge is 0.489 e. The van der Waals surface area contributed by atoms with E-state index in [9.17, 15) is 0 Å². The van der Waals surface area contributed by atoms with Gasteiger partial charge in [-0.1, -0.05) is 25.5 Å². The summed E-state index contributed by atoms with van der Waals surface area (Å²) in [7, 11) is 1.73. The number of hydrogen-bond acceptors (Lipinski definition) is 3. The molecule has 1 unspecified atom stereocenters. The average molecular weight is 279 g/mol. The molecule has 0 aromatic heterocycles. The third-order valence-electron chi connectivity index (χ3n) is 3.21. The Bertz CT molecular complexity index is 337. The SMILES string of the molecule is CCCCc1ccc(OC(C)CNCCCOC)cc1. The van der Waals surface area contributed by atoms with Crippen molar-refractivity contribution in [3.63, 3.8) is 0 Å². The van der Waals surface area contributed by atoms with Gasteiger partial charge in [0.2, 0.25) is 0 Å². The number of methoxy groups -OCH3 is 1. The summed E-state index contributed by atoms with van der Waals surface area (Å²) in [5.41, 5.74) is 1.39. The molecule has 0 amide bonds. The van der Waals surface area contributed by atoms with E-state index >= 15 is 0 Å². The molecule has 20 heavy (non-hydrogen) atoms. The first-order valence-corrected chi connectivity index (χ1v) is 7.71. The summed E-state index contributed by atoms with van der Waals surface area (Å²) in [5, 5.41) is 3.37. The summed E-state index contributed by atoms with van der Waals surface area (Å²) in [6.07, 6.45) is 4.87. The molecule has 1 atom stereocenters. The lowest BCUT2D eigenvalue weighted by molar-refractivity contribution is 0.188.